The first-order valence-electron chi connectivity index (χ1n) is 9.89. The molecule has 0 atom stereocenters. The summed E-state index contributed by atoms with van der Waals surface area (Å²) in [5, 5.41) is 43.7. The van der Waals surface area contributed by atoms with Gasteiger partial charge in [0, 0.05) is 23.3 Å². The van der Waals surface area contributed by atoms with Gasteiger partial charge in [0.2, 0.25) is 0 Å². The van der Waals surface area contributed by atoms with Crippen molar-refractivity contribution in [3.63, 3.8) is 0 Å². The molecule has 6 N–H and O–H groups in total. The van der Waals surface area contributed by atoms with Crippen LogP contribution in [0.25, 0.3) is 0 Å². The van der Waals surface area contributed by atoms with E-state index in [9.17, 15) is 30.0 Å². The molecule has 0 spiro atoms. The Kier molecular flexibility index (Phi) is 9.11. The second-order valence-corrected chi connectivity index (χ2v) is 7.09. The van der Waals surface area contributed by atoms with E-state index < -0.39 is 0 Å². The minimum Gasteiger partial charge on any atom is -0.508 e. The quantitative estimate of drug-likeness (QED) is 0.216. The molecule has 0 amide bonds. The van der Waals surface area contributed by atoms with Crippen LogP contribution in [0.1, 0.15) is 46.4 Å². The topological polar surface area (TPSA) is 139 Å². The van der Waals surface area contributed by atoms with E-state index in [0.717, 1.165) is 25.7 Å². The van der Waals surface area contributed by atoms with Gasteiger partial charge in [-0.25, -0.2) is 0 Å². The summed E-state index contributed by atoms with van der Waals surface area (Å²) in [5.41, 5.74) is 0.531. The first-order valence-corrected chi connectivity index (χ1v) is 9.89. The van der Waals surface area contributed by atoms with Crippen LogP contribution in [0.4, 0.5) is 0 Å². The van der Waals surface area contributed by atoms with Gasteiger partial charge in [0.15, 0.2) is 11.6 Å². The van der Waals surface area contributed by atoms with Gasteiger partial charge in [-0.15, -0.1) is 0 Å². The molecule has 30 heavy (non-hydrogen) atoms. The first kappa shape index (κ1) is 23.2. The predicted octanol–water partition coefficient (Wildman–Crippen LogP) is 2.31. The van der Waals surface area contributed by atoms with Crippen LogP contribution < -0.4 is 10.6 Å². The number of phenols is 4. The van der Waals surface area contributed by atoms with Gasteiger partial charge in [0.25, 0.3) is 0 Å². The maximum absolute atomic E-state index is 12.0. The van der Waals surface area contributed by atoms with Gasteiger partial charge in [0.1, 0.15) is 23.0 Å². The lowest BCUT2D eigenvalue weighted by Gasteiger charge is -2.07. The summed E-state index contributed by atoms with van der Waals surface area (Å²) in [7, 11) is 0. The molecule has 0 saturated carbocycles. The third kappa shape index (κ3) is 8.10. The summed E-state index contributed by atoms with van der Waals surface area (Å²) < 4.78 is 0. The SMILES string of the molecule is O=C(CNCCCCCCNCC(=O)c1cc(O)cc(O)c1)c1cc(O)cc(O)c1. The molecule has 0 heterocycles. The van der Waals surface area contributed by atoms with E-state index in [1.165, 1.54) is 36.4 Å². The maximum atomic E-state index is 12.0. The molecule has 162 valence electrons. The van der Waals surface area contributed by atoms with Crippen LogP contribution in [0.15, 0.2) is 36.4 Å². The number of carbonyl (C=O) groups is 2. The number of benzene rings is 2. The van der Waals surface area contributed by atoms with E-state index in [1.54, 1.807) is 0 Å². The summed E-state index contributed by atoms with van der Waals surface area (Å²) in [5.74, 6) is -0.977. The fourth-order valence-electron chi connectivity index (χ4n) is 2.97. The Morgan fingerprint density at radius 3 is 1.23 bits per heavy atom. The molecular formula is C22H28N2O6. The molecule has 0 aliphatic rings. The molecule has 0 fully saturated rings. The largest absolute Gasteiger partial charge is 0.508 e. The highest BCUT2D eigenvalue weighted by atomic mass is 16.3. The zero-order valence-electron chi connectivity index (χ0n) is 16.7. The van der Waals surface area contributed by atoms with Crippen LogP contribution >= 0.6 is 0 Å². The summed E-state index contributed by atoms with van der Waals surface area (Å²) in [4.78, 5) is 24.0. The zero-order chi connectivity index (χ0) is 21.9. The smallest absolute Gasteiger partial charge is 0.176 e. The van der Waals surface area contributed by atoms with Gasteiger partial charge in [-0.2, -0.15) is 0 Å². The minimum absolute atomic E-state index is 0.136. The van der Waals surface area contributed by atoms with Crippen molar-refractivity contribution in [1.29, 1.82) is 0 Å². The number of hydrogen-bond acceptors (Lipinski definition) is 8. The van der Waals surface area contributed by atoms with Gasteiger partial charge in [0.05, 0.1) is 13.1 Å². The predicted molar refractivity (Wildman–Crippen MR) is 112 cm³/mol. The number of unbranched alkanes of at least 4 members (excludes halogenated alkanes) is 3. The van der Waals surface area contributed by atoms with Crippen LogP contribution in [0.5, 0.6) is 23.0 Å². The number of Topliss-reactive ketones (excluding diaryl/α,β-unsaturated/α-hetero) is 2. The third-order valence-electron chi connectivity index (χ3n) is 4.48. The van der Waals surface area contributed by atoms with E-state index in [4.69, 9.17) is 0 Å². The van der Waals surface area contributed by atoms with Crippen molar-refractivity contribution in [3.05, 3.63) is 47.5 Å². The van der Waals surface area contributed by atoms with E-state index >= 15 is 0 Å². The summed E-state index contributed by atoms with van der Waals surface area (Å²) in [6.45, 7) is 1.64. The number of phenolic OH excluding ortho intramolecular Hbond substituents is 4. The Morgan fingerprint density at radius 1 is 0.567 bits per heavy atom. The fourth-order valence-corrected chi connectivity index (χ4v) is 2.97. The molecule has 0 unspecified atom stereocenters. The second-order valence-electron chi connectivity index (χ2n) is 7.09. The zero-order valence-corrected chi connectivity index (χ0v) is 16.7. The molecular weight excluding hydrogens is 388 g/mol. The van der Waals surface area contributed by atoms with Crippen LogP contribution in [0, 0.1) is 0 Å². The molecule has 0 aromatic heterocycles. The fraction of sp³-hybridized carbons (Fsp3) is 0.364. The summed E-state index contributed by atoms with van der Waals surface area (Å²) >= 11 is 0. The molecule has 0 aliphatic carbocycles. The lowest BCUT2D eigenvalue weighted by Crippen LogP contribution is -2.24. The molecule has 2 aromatic carbocycles. The van der Waals surface area contributed by atoms with Crippen molar-refractivity contribution >= 4 is 11.6 Å². The molecule has 8 nitrogen and oxygen atoms in total. The Morgan fingerprint density at radius 2 is 0.900 bits per heavy atom. The third-order valence-corrected chi connectivity index (χ3v) is 4.48. The number of rotatable bonds is 13. The molecule has 0 bridgehead atoms. The average molecular weight is 416 g/mol. The van der Waals surface area contributed by atoms with Crippen molar-refractivity contribution in [2.75, 3.05) is 26.2 Å². The van der Waals surface area contributed by atoms with Crippen LogP contribution in [0.2, 0.25) is 0 Å². The Hall–Kier alpha value is -3.10. The normalized spacial score (nSPS) is 10.8. The van der Waals surface area contributed by atoms with Gasteiger partial charge < -0.3 is 31.1 Å². The van der Waals surface area contributed by atoms with Crippen molar-refractivity contribution in [3.8, 4) is 23.0 Å². The van der Waals surface area contributed by atoms with E-state index in [0.29, 0.717) is 13.1 Å². The average Bonchev–Trinajstić information content (AvgIpc) is 2.67. The molecule has 8 heteroatoms. The Labute approximate surface area is 175 Å². The number of aromatic hydroxyl groups is 4. The highest BCUT2D eigenvalue weighted by Crippen LogP contribution is 2.21. The maximum Gasteiger partial charge on any atom is 0.176 e. The monoisotopic (exact) mass is 416 g/mol. The lowest BCUT2D eigenvalue weighted by molar-refractivity contribution is 0.0982. The number of carbonyl (C=O) groups excluding carboxylic acids is 2. The van der Waals surface area contributed by atoms with Gasteiger partial charge >= 0.3 is 0 Å². The molecule has 0 saturated heterocycles. The molecule has 0 aliphatic heterocycles. The summed E-state index contributed by atoms with van der Waals surface area (Å²) in [6, 6.07) is 7.64. The van der Waals surface area contributed by atoms with E-state index in [1.807, 2.05) is 0 Å². The van der Waals surface area contributed by atoms with Gasteiger partial charge in [-0.1, -0.05) is 12.8 Å². The highest BCUT2D eigenvalue weighted by Gasteiger charge is 2.09. The van der Waals surface area contributed by atoms with Crippen LogP contribution in [-0.4, -0.2) is 58.2 Å². The van der Waals surface area contributed by atoms with E-state index in [-0.39, 0.29) is 58.8 Å². The number of hydrogen-bond donors (Lipinski definition) is 6. The summed E-state index contributed by atoms with van der Waals surface area (Å²) in [6.07, 6.45) is 3.76. The minimum atomic E-state index is -0.199. The number of nitrogens with one attached hydrogen (secondary N) is 2. The number of ketones is 2. The Balaban J connectivity index is 1.50. The van der Waals surface area contributed by atoms with Crippen molar-refractivity contribution in [1.82, 2.24) is 10.6 Å². The van der Waals surface area contributed by atoms with Crippen molar-refractivity contribution in [2.45, 2.75) is 25.7 Å². The highest BCUT2D eigenvalue weighted by molar-refractivity contribution is 5.98. The molecule has 0 radical (unpaired) electrons. The van der Waals surface area contributed by atoms with Gasteiger partial charge in [-0.3, -0.25) is 9.59 Å². The van der Waals surface area contributed by atoms with Gasteiger partial charge in [-0.05, 0) is 50.2 Å². The molecule has 2 aromatic rings. The standard InChI is InChI=1S/C22H28N2O6/c25-17-7-15(8-18(26)11-17)21(29)13-23-5-3-1-2-4-6-24-14-22(30)16-9-19(27)12-20(28)10-16/h7-12,23-28H,1-6,13-14H2. The van der Waals surface area contributed by atoms with Crippen LogP contribution in [-0.2, 0) is 0 Å². The lowest BCUT2D eigenvalue weighted by atomic mass is 10.1. The van der Waals surface area contributed by atoms with Crippen molar-refractivity contribution in [2.24, 2.45) is 0 Å². The molecule has 2 rings (SSSR count). The van der Waals surface area contributed by atoms with Crippen molar-refractivity contribution < 1.29 is 30.0 Å². The Bertz CT molecular complexity index is 757. The van der Waals surface area contributed by atoms with E-state index in [2.05, 4.69) is 10.6 Å². The second kappa shape index (κ2) is 11.8. The van der Waals surface area contributed by atoms with Crippen LogP contribution in [0.3, 0.4) is 0 Å². The first-order chi connectivity index (χ1) is 14.3.